The van der Waals surface area contributed by atoms with Crippen LogP contribution in [0.4, 0.5) is 10.1 Å². The summed E-state index contributed by atoms with van der Waals surface area (Å²) in [5, 5.41) is 44.4. The van der Waals surface area contributed by atoms with Crippen LogP contribution in [-0.2, 0) is 29.2 Å². The fourth-order valence-corrected chi connectivity index (χ4v) is 8.51. The molecule has 298 valence electrons. The lowest BCUT2D eigenvalue weighted by atomic mass is 9.85. The van der Waals surface area contributed by atoms with Gasteiger partial charge in [-0.25, -0.2) is 4.39 Å². The molecule has 1 saturated carbocycles. The first kappa shape index (κ1) is 39.7. The molecular weight excluding hydrogens is 755 g/mol. The summed E-state index contributed by atoms with van der Waals surface area (Å²) in [6.45, 7) is 1.02. The highest BCUT2D eigenvalue weighted by molar-refractivity contribution is 6.36. The van der Waals surface area contributed by atoms with Crippen LogP contribution in [0.1, 0.15) is 55.2 Å². The number of nitrogens with zero attached hydrogens (tertiary/aromatic N) is 4. The van der Waals surface area contributed by atoms with Gasteiger partial charge in [-0.2, -0.15) is 5.10 Å². The Morgan fingerprint density at radius 3 is 2.51 bits per heavy atom. The maximum absolute atomic E-state index is 15.4. The van der Waals surface area contributed by atoms with Crippen molar-refractivity contribution in [3.63, 3.8) is 0 Å². The van der Waals surface area contributed by atoms with Gasteiger partial charge >= 0.3 is 5.97 Å². The van der Waals surface area contributed by atoms with E-state index < -0.39 is 16.7 Å². The average molecular weight is 799 g/mol. The molecule has 2 heterocycles. The molecule has 57 heavy (non-hydrogen) atoms. The Morgan fingerprint density at radius 1 is 1.09 bits per heavy atom. The largest absolute Gasteiger partial charge is 0.507 e. The summed E-state index contributed by atoms with van der Waals surface area (Å²) in [7, 11) is 3.47. The fraction of sp³-hybridized carbons (Fsp3) is 0.357. The Bertz CT molecular complexity index is 2320. The molecule has 1 unspecified atom stereocenters. The van der Waals surface area contributed by atoms with Crippen LogP contribution in [-0.4, -0.2) is 74.5 Å². The topological polar surface area (TPSA) is 172 Å². The molecular formula is C42H44ClFN6O7. The van der Waals surface area contributed by atoms with Gasteiger partial charge in [-0.15, -0.1) is 0 Å². The SMILES string of the molecule is COc1cc(Cn2ncc3c(-c4cccc(-c5cc(O)c(CNCC6CCC(=O)N6)c(F)c5)c4Cl)cccc32)c([N+](=O)[O-])cc1CN(C)C1CCC(C(=O)O)CC1. The van der Waals surface area contributed by atoms with Gasteiger partial charge in [-0.1, -0.05) is 41.9 Å². The highest BCUT2D eigenvalue weighted by Crippen LogP contribution is 2.41. The van der Waals surface area contributed by atoms with Crippen molar-refractivity contribution >= 4 is 40.1 Å². The van der Waals surface area contributed by atoms with Gasteiger partial charge in [0.15, 0.2) is 0 Å². The van der Waals surface area contributed by atoms with Gasteiger partial charge in [0.05, 0.1) is 46.8 Å². The first-order valence-electron chi connectivity index (χ1n) is 18.9. The van der Waals surface area contributed by atoms with E-state index in [0.717, 1.165) is 23.8 Å². The smallest absolute Gasteiger partial charge is 0.306 e. The molecule has 0 bridgehead atoms. The van der Waals surface area contributed by atoms with Gasteiger partial charge < -0.3 is 25.6 Å². The average Bonchev–Trinajstić information content (AvgIpc) is 3.81. The highest BCUT2D eigenvalue weighted by atomic mass is 35.5. The minimum atomic E-state index is -0.765. The van der Waals surface area contributed by atoms with Crippen LogP contribution in [0.2, 0.25) is 5.02 Å². The molecule has 1 aromatic heterocycles. The number of rotatable bonds is 14. The van der Waals surface area contributed by atoms with Gasteiger partial charge in [0.25, 0.3) is 5.69 Å². The first-order valence-corrected chi connectivity index (χ1v) is 19.3. The van der Waals surface area contributed by atoms with Crippen LogP contribution < -0.4 is 15.4 Å². The number of ether oxygens (including phenoxy) is 1. The summed E-state index contributed by atoms with van der Waals surface area (Å²) in [5.74, 6) is -1.41. The number of nitro groups is 1. The molecule has 1 aliphatic heterocycles. The van der Waals surface area contributed by atoms with Crippen molar-refractivity contribution < 1.29 is 33.9 Å². The number of benzene rings is 4. The van der Waals surface area contributed by atoms with Crippen LogP contribution in [0.3, 0.4) is 0 Å². The number of fused-ring (bicyclic) bond motifs is 1. The van der Waals surface area contributed by atoms with E-state index >= 15 is 4.39 Å². The predicted octanol–water partition coefficient (Wildman–Crippen LogP) is 7.28. The second kappa shape index (κ2) is 16.9. The van der Waals surface area contributed by atoms with Gasteiger partial charge in [0.1, 0.15) is 17.3 Å². The normalized spacial score (nSPS) is 18.3. The molecule has 1 atom stereocenters. The summed E-state index contributed by atoms with van der Waals surface area (Å²) >= 11 is 7.04. The number of carboxylic acid groups (broad SMARTS) is 1. The molecule has 2 aliphatic rings. The number of hydrogen-bond donors (Lipinski definition) is 4. The van der Waals surface area contributed by atoms with E-state index in [1.807, 2.05) is 31.3 Å². The van der Waals surface area contributed by atoms with Crippen molar-refractivity contribution in [2.45, 2.75) is 70.2 Å². The van der Waals surface area contributed by atoms with Crippen molar-refractivity contribution in [2.75, 3.05) is 20.7 Å². The summed E-state index contributed by atoms with van der Waals surface area (Å²) in [4.78, 5) is 37.1. The van der Waals surface area contributed by atoms with Crippen molar-refractivity contribution in [2.24, 2.45) is 5.92 Å². The monoisotopic (exact) mass is 798 g/mol. The fourth-order valence-electron chi connectivity index (χ4n) is 8.17. The molecule has 13 nitrogen and oxygen atoms in total. The van der Waals surface area contributed by atoms with Crippen molar-refractivity contribution in [3.05, 3.63) is 105 Å². The lowest BCUT2D eigenvalue weighted by Gasteiger charge is -2.33. The number of hydrogen-bond acceptors (Lipinski definition) is 9. The molecule has 1 saturated heterocycles. The molecule has 0 radical (unpaired) electrons. The third-order valence-corrected chi connectivity index (χ3v) is 11.7. The zero-order valence-electron chi connectivity index (χ0n) is 31.6. The van der Waals surface area contributed by atoms with Gasteiger partial charge in [-0.05, 0) is 74.5 Å². The second-order valence-corrected chi connectivity index (χ2v) is 15.3. The van der Waals surface area contributed by atoms with E-state index in [0.29, 0.717) is 82.9 Å². The van der Waals surface area contributed by atoms with Crippen LogP contribution in [0.15, 0.2) is 66.9 Å². The van der Waals surface area contributed by atoms with E-state index in [4.69, 9.17) is 16.3 Å². The molecule has 5 aromatic rings. The minimum Gasteiger partial charge on any atom is -0.507 e. The molecule has 2 fully saturated rings. The number of aliphatic carboxylic acids is 1. The maximum Gasteiger partial charge on any atom is 0.306 e. The number of halogens is 2. The third kappa shape index (κ3) is 8.43. The summed E-state index contributed by atoms with van der Waals surface area (Å²) < 4.78 is 22.8. The number of nitrogens with one attached hydrogen (secondary N) is 2. The van der Waals surface area contributed by atoms with Crippen molar-refractivity contribution in [1.82, 2.24) is 25.3 Å². The lowest BCUT2D eigenvalue weighted by molar-refractivity contribution is -0.385. The predicted molar refractivity (Wildman–Crippen MR) is 214 cm³/mol. The lowest BCUT2D eigenvalue weighted by Crippen LogP contribution is -2.36. The Morgan fingerprint density at radius 2 is 1.82 bits per heavy atom. The van der Waals surface area contributed by atoms with Crippen LogP contribution in [0, 0.1) is 21.8 Å². The number of carbonyl (C=O) groups is 2. The van der Waals surface area contributed by atoms with Crippen LogP contribution in [0.25, 0.3) is 33.2 Å². The molecule has 4 aromatic carbocycles. The Hall–Kier alpha value is -5.57. The number of phenolic OH excluding ortho intramolecular Hbond substituents is 1. The standard InChI is InChI=1S/C42H44ClFN6O7/c1-48(29-12-9-24(10-13-29)42(53)54)22-27-16-37(50(55)56)26(18-39(27)57-2)23-49-36-8-4-6-31(33(36)21-46-49)32-7-3-5-30(41(32)43)25-15-35(44)34(38(51)17-25)20-45-19-28-11-14-40(52)47-28/h3-8,15-18,21,24,28-29,45,51H,9-14,19-20,22-23H2,1-2H3,(H,47,52)(H,53,54). The molecule has 4 N–H and O–H groups in total. The van der Waals surface area contributed by atoms with Gasteiger partial charge in [-0.3, -0.25) is 29.3 Å². The van der Waals surface area contributed by atoms with Crippen molar-refractivity contribution in [3.8, 4) is 33.8 Å². The zero-order chi connectivity index (χ0) is 40.4. The molecule has 1 aliphatic carbocycles. The number of methoxy groups -OCH3 is 1. The summed E-state index contributed by atoms with van der Waals surface area (Å²) in [6, 6.07) is 17.2. The number of aromatic hydroxyl groups is 1. The number of nitro benzene ring substituents is 1. The molecule has 1 amide bonds. The number of amides is 1. The number of aromatic nitrogens is 2. The molecule has 7 rings (SSSR count). The van der Waals surface area contributed by atoms with Crippen LogP contribution in [0.5, 0.6) is 11.5 Å². The Balaban J connectivity index is 1.12. The minimum absolute atomic E-state index is 0.00536. The van der Waals surface area contributed by atoms with Crippen LogP contribution >= 0.6 is 11.6 Å². The molecule has 15 heteroatoms. The second-order valence-electron chi connectivity index (χ2n) is 14.9. The van der Waals surface area contributed by atoms with E-state index in [1.54, 1.807) is 35.1 Å². The number of carboxylic acids is 1. The number of phenols is 1. The summed E-state index contributed by atoms with van der Waals surface area (Å²) in [5.41, 5.74) is 4.14. The highest BCUT2D eigenvalue weighted by Gasteiger charge is 2.29. The first-order chi connectivity index (χ1) is 27.4. The van der Waals surface area contributed by atoms with E-state index in [1.165, 1.54) is 19.2 Å². The Kier molecular flexibility index (Phi) is 11.7. The number of carbonyl (C=O) groups excluding carboxylic acids is 1. The van der Waals surface area contributed by atoms with Crippen molar-refractivity contribution in [1.29, 1.82) is 0 Å². The van der Waals surface area contributed by atoms with E-state index in [-0.39, 0.29) is 54.0 Å². The molecule has 0 spiro atoms. The maximum atomic E-state index is 15.4. The summed E-state index contributed by atoms with van der Waals surface area (Å²) in [6.07, 6.45) is 5.51. The van der Waals surface area contributed by atoms with E-state index in [2.05, 4.69) is 20.6 Å². The van der Waals surface area contributed by atoms with E-state index in [9.17, 15) is 29.9 Å². The third-order valence-electron chi connectivity index (χ3n) is 11.3. The van der Waals surface area contributed by atoms with Gasteiger partial charge in [0.2, 0.25) is 5.91 Å². The van der Waals surface area contributed by atoms with Gasteiger partial charge in [0, 0.05) is 71.8 Å². The zero-order valence-corrected chi connectivity index (χ0v) is 32.4. The quantitative estimate of drug-likeness (QED) is 0.0661. The Labute approximate surface area is 333 Å².